The molecule has 0 radical (unpaired) electrons. The minimum absolute atomic E-state index is 0.465. The lowest BCUT2D eigenvalue weighted by molar-refractivity contribution is 0.0549. The summed E-state index contributed by atoms with van der Waals surface area (Å²) < 4.78 is 7.41. The van der Waals surface area contributed by atoms with Gasteiger partial charge < -0.3 is 4.74 Å². The van der Waals surface area contributed by atoms with Crippen LogP contribution in [0.4, 0.5) is 0 Å². The second kappa shape index (κ2) is 3.27. The first kappa shape index (κ1) is 7.80. The van der Waals surface area contributed by atoms with Crippen LogP contribution in [-0.4, -0.2) is 23.0 Å². The Bertz CT molecular complexity index is 251. The fourth-order valence-corrected chi connectivity index (χ4v) is 1.57. The molecule has 0 aliphatic carbocycles. The summed E-state index contributed by atoms with van der Waals surface area (Å²) in [5.41, 5.74) is 1.22. The van der Waals surface area contributed by atoms with Crippen molar-refractivity contribution in [1.29, 1.82) is 0 Å². The Morgan fingerprint density at radius 2 is 2.58 bits per heavy atom. The predicted octanol–water partition coefficient (Wildman–Crippen LogP) is 1.54. The van der Waals surface area contributed by atoms with Gasteiger partial charge in [0.05, 0.1) is 18.8 Å². The van der Waals surface area contributed by atoms with Gasteiger partial charge in [0.15, 0.2) is 0 Å². The molecule has 0 aromatic carbocycles. The van der Waals surface area contributed by atoms with Crippen molar-refractivity contribution in [1.82, 2.24) is 9.78 Å². The zero-order valence-corrected chi connectivity index (χ0v) is 7.36. The van der Waals surface area contributed by atoms with Crippen LogP contribution in [0.25, 0.3) is 0 Å². The molecule has 0 spiro atoms. The van der Waals surface area contributed by atoms with E-state index >= 15 is 0 Å². The third kappa shape index (κ3) is 1.50. The maximum atomic E-state index is 5.38. The summed E-state index contributed by atoms with van der Waals surface area (Å²) in [6.07, 6.45) is 6.33. The summed E-state index contributed by atoms with van der Waals surface area (Å²) in [5.74, 6) is 0. The van der Waals surface area contributed by atoms with E-state index < -0.39 is 0 Å². The molecule has 1 aromatic rings. The maximum Gasteiger partial charge on any atom is 0.0753 e. The molecule has 12 heavy (non-hydrogen) atoms. The van der Waals surface area contributed by atoms with Crippen molar-refractivity contribution in [3.8, 4) is 0 Å². The summed E-state index contributed by atoms with van der Waals surface area (Å²) in [6.45, 7) is 3.80. The number of ether oxygens (including phenoxy) is 1. The van der Waals surface area contributed by atoms with Gasteiger partial charge in [-0.25, -0.2) is 0 Å². The zero-order valence-electron chi connectivity index (χ0n) is 7.36. The average Bonchev–Trinajstić information content (AvgIpc) is 2.54. The minimum Gasteiger partial charge on any atom is -0.379 e. The Labute approximate surface area is 72.3 Å². The molecule has 0 saturated carbocycles. The summed E-state index contributed by atoms with van der Waals surface area (Å²) in [7, 11) is 0. The van der Waals surface area contributed by atoms with E-state index in [0.717, 1.165) is 19.6 Å². The van der Waals surface area contributed by atoms with Crippen molar-refractivity contribution in [2.24, 2.45) is 0 Å². The molecule has 66 valence electrons. The van der Waals surface area contributed by atoms with E-state index in [2.05, 4.69) is 18.2 Å². The van der Waals surface area contributed by atoms with Crippen LogP contribution in [0.1, 0.15) is 24.4 Å². The Kier molecular flexibility index (Phi) is 2.13. The Morgan fingerprint density at radius 1 is 1.67 bits per heavy atom. The standard InChI is InChI=1S/C9H14N2O/c1-8-5-10-11(6-8)9-3-2-4-12-7-9/h5-6,9H,2-4,7H2,1H3. The monoisotopic (exact) mass is 166 g/mol. The predicted molar refractivity (Wildman–Crippen MR) is 46.1 cm³/mol. The van der Waals surface area contributed by atoms with E-state index in [9.17, 15) is 0 Å². The molecular formula is C9H14N2O. The summed E-state index contributed by atoms with van der Waals surface area (Å²) in [5, 5.41) is 4.28. The second-order valence-electron chi connectivity index (χ2n) is 3.37. The highest BCUT2D eigenvalue weighted by atomic mass is 16.5. The van der Waals surface area contributed by atoms with Crippen LogP contribution >= 0.6 is 0 Å². The molecule has 0 amide bonds. The molecule has 1 fully saturated rings. The third-order valence-corrected chi connectivity index (χ3v) is 2.24. The van der Waals surface area contributed by atoms with E-state index in [1.807, 2.05) is 10.9 Å². The third-order valence-electron chi connectivity index (χ3n) is 2.24. The molecule has 1 atom stereocenters. The Balaban J connectivity index is 2.08. The lowest BCUT2D eigenvalue weighted by atomic mass is 10.1. The fourth-order valence-electron chi connectivity index (χ4n) is 1.57. The number of nitrogens with zero attached hydrogens (tertiary/aromatic N) is 2. The first-order valence-electron chi connectivity index (χ1n) is 4.45. The van der Waals surface area contributed by atoms with Crippen molar-refractivity contribution >= 4 is 0 Å². The lowest BCUT2D eigenvalue weighted by Gasteiger charge is -2.22. The molecule has 2 heterocycles. The van der Waals surface area contributed by atoms with Gasteiger partial charge in [0.2, 0.25) is 0 Å². The summed E-state index contributed by atoms with van der Waals surface area (Å²) in [6, 6.07) is 0.465. The Morgan fingerprint density at radius 3 is 3.17 bits per heavy atom. The highest BCUT2D eigenvalue weighted by molar-refractivity contribution is 5.00. The first-order valence-corrected chi connectivity index (χ1v) is 4.45. The zero-order chi connectivity index (χ0) is 8.39. The number of aromatic nitrogens is 2. The van der Waals surface area contributed by atoms with Gasteiger partial charge >= 0.3 is 0 Å². The quantitative estimate of drug-likeness (QED) is 0.632. The van der Waals surface area contributed by atoms with Gasteiger partial charge in [-0.15, -0.1) is 0 Å². The number of aryl methyl sites for hydroxylation is 1. The molecule has 2 rings (SSSR count). The van der Waals surface area contributed by atoms with E-state index in [1.165, 1.54) is 12.0 Å². The number of rotatable bonds is 1. The van der Waals surface area contributed by atoms with Crippen molar-refractivity contribution in [3.05, 3.63) is 18.0 Å². The molecule has 3 nitrogen and oxygen atoms in total. The smallest absolute Gasteiger partial charge is 0.0753 e. The lowest BCUT2D eigenvalue weighted by Crippen LogP contribution is -2.21. The van der Waals surface area contributed by atoms with Crippen LogP contribution in [0.15, 0.2) is 12.4 Å². The largest absolute Gasteiger partial charge is 0.379 e. The molecule has 1 saturated heterocycles. The second-order valence-corrected chi connectivity index (χ2v) is 3.37. The SMILES string of the molecule is Cc1cnn(C2CCCOC2)c1. The molecule has 1 aliphatic heterocycles. The summed E-state index contributed by atoms with van der Waals surface area (Å²) >= 11 is 0. The van der Waals surface area contributed by atoms with Crippen LogP contribution in [-0.2, 0) is 4.74 Å². The summed E-state index contributed by atoms with van der Waals surface area (Å²) in [4.78, 5) is 0. The van der Waals surface area contributed by atoms with Crippen LogP contribution in [0.2, 0.25) is 0 Å². The van der Waals surface area contributed by atoms with Gasteiger partial charge in [-0.3, -0.25) is 4.68 Å². The van der Waals surface area contributed by atoms with Gasteiger partial charge in [0.1, 0.15) is 0 Å². The maximum absolute atomic E-state index is 5.38. The van der Waals surface area contributed by atoms with E-state index in [-0.39, 0.29) is 0 Å². The highest BCUT2D eigenvalue weighted by Gasteiger charge is 2.15. The normalized spacial score (nSPS) is 24.2. The van der Waals surface area contributed by atoms with Gasteiger partial charge in [0.25, 0.3) is 0 Å². The first-order chi connectivity index (χ1) is 5.86. The average molecular weight is 166 g/mol. The topological polar surface area (TPSA) is 27.1 Å². The van der Waals surface area contributed by atoms with Crippen LogP contribution in [0, 0.1) is 6.92 Å². The Hall–Kier alpha value is -0.830. The molecule has 1 unspecified atom stereocenters. The van der Waals surface area contributed by atoms with Gasteiger partial charge in [-0.2, -0.15) is 5.10 Å². The van der Waals surface area contributed by atoms with Crippen molar-refractivity contribution in [2.75, 3.05) is 13.2 Å². The molecule has 1 aromatic heterocycles. The van der Waals surface area contributed by atoms with E-state index in [1.54, 1.807) is 0 Å². The minimum atomic E-state index is 0.465. The van der Waals surface area contributed by atoms with Gasteiger partial charge in [-0.1, -0.05) is 0 Å². The molecule has 3 heteroatoms. The number of hydrogen-bond donors (Lipinski definition) is 0. The molecular weight excluding hydrogens is 152 g/mol. The van der Waals surface area contributed by atoms with Crippen molar-refractivity contribution in [2.45, 2.75) is 25.8 Å². The van der Waals surface area contributed by atoms with Crippen molar-refractivity contribution in [3.63, 3.8) is 0 Å². The molecule has 1 aliphatic rings. The van der Waals surface area contributed by atoms with Crippen molar-refractivity contribution < 1.29 is 4.74 Å². The van der Waals surface area contributed by atoms with Crippen LogP contribution in [0.5, 0.6) is 0 Å². The fraction of sp³-hybridized carbons (Fsp3) is 0.667. The molecule has 0 bridgehead atoms. The molecule has 0 N–H and O–H groups in total. The van der Waals surface area contributed by atoms with Crippen LogP contribution < -0.4 is 0 Å². The number of hydrogen-bond acceptors (Lipinski definition) is 2. The van der Waals surface area contributed by atoms with Gasteiger partial charge in [-0.05, 0) is 25.3 Å². The highest BCUT2D eigenvalue weighted by Crippen LogP contribution is 2.18. The van der Waals surface area contributed by atoms with Crippen LogP contribution in [0.3, 0.4) is 0 Å². The van der Waals surface area contributed by atoms with E-state index in [0.29, 0.717) is 6.04 Å². The van der Waals surface area contributed by atoms with E-state index in [4.69, 9.17) is 4.74 Å². The van der Waals surface area contributed by atoms with Gasteiger partial charge in [0, 0.05) is 12.8 Å².